The second-order valence-electron chi connectivity index (χ2n) is 4.05. The van der Waals surface area contributed by atoms with Crippen molar-refractivity contribution in [3.05, 3.63) is 60.7 Å². The first kappa shape index (κ1) is 14.8. The lowest BCUT2D eigenvalue weighted by Gasteiger charge is -2.04. The highest BCUT2D eigenvalue weighted by atomic mass is 16.4. The fourth-order valence-electron chi connectivity index (χ4n) is 1.28. The first-order valence-corrected chi connectivity index (χ1v) is 6.31. The second kappa shape index (κ2) is 8.75. The van der Waals surface area contributed by atoms with Gasteiger partial charge in [0.1, 0.15) is 0 Å². The lowest BCUT2D eigenvalue weighted by atomic mass is 10.3. The van der Waals surface area contributed by atoms with Crippen molar-refractivity contribution in [2.75, 3.05) is 5.32 Å². The normalized spacial score (nSPS) is 10.3. The lowest BCUT2D eigenvalue weighted by Crippen LogP contribution is -1.87. The van der Waals surface area contributed by atoms with Crippen molar-refractivity contribution in [3.63, 3.8) is 0 Å². The van der Waals surface area contributed by atoms with Crippen molar-refractivity contribution in [2.45, 2.75) is 20.3 Å². The summed E-state index contributed by atoms with van der Waals surface area (Å²) in [5.74, 6) is 0. The number of anilines is 2. The summed E-state index contributed by atoms with van der Waals surface area (Å²) in [5.41, 5.74) is 3.01. The predicted molar refractivity (Wildman–Crippen MR) is 81.4 cm³/mol. The quantitative estimate of drug-likeness (QED) is 0.476. The van der Waals surface area contributed by atoms with Gasteiger partial charge in [-0.2, -0.15) is 0 Å². The van der Waals surface area contributed by atoms with E-state index in [1.807, 2.05) is 67.6 Å². The van der Waals surface area contributed by atoms with Crippen LogP contribution in [0.5, 0.6) is 0 Å². The predicted octanol–water partition coefficient (Wildman–Crippen LogP) is 4.68. The van der Waals surface area contributed by atoms with E-state index in [0.29, 0.717) is 0 Å². The number of nitrogens with one attached hydrogen (secondary N) is 1. The molecule has 0 saturated heterocycles. The average molecular weight is 256 g/mol. The molecule has 0 aromatic heterocycles. The maximum Gasteiger partial charge on any atom is 0.0537 e. The number of oxime groups is 1. The summed E-state index contributed by atoms with van der Waals surface area (Å²) >= 11 is 0. The molecule has 3 heteroatoms. The van der Waals surface area contributed by atoms with Crippen molar-refractivity contribution in [1.82, 2.24) is 0 Å². The zero-order chi connectivity index (χ0) is 13.9. The molecule has 100 valence electrons. The van der Waals surface area contributed by atoms with Gasteiger partial charge >= 0.3 is 0 Å². The highest BCUT2D eigenvalue weighted by Crippen LogP contribution is 2.14. The number of rotatable bonds is 3. The first-order chi connectivity index (χ1) is 9.26. The van der Waals surface area contributed by atoms with Gasteiger partial charge < -0.3 is 10.5 Å². The van der Waals surface area contributed by atoms with Gasteiger partial charge in [-0.05, 0) is 37.6 Å². The Balaban J connectivity index is 0.000000258. The molecule has 2 aromatic carbocycles. The van der Waals surface area contributed by atoms with Crippen molar-refractivity contribution in [1.29, 1.82) is 0 Å². The summed E-state index contributed by atoms with van der Waals surface area (Å²) < 4.78 is 0. The van der Waals surface area contributed by atoms with Crippen molar-refractivity contribution in [3.8, 4) is 0 Å². The fraction of sp³-hybridized carbons (Fsp3) is 0.188. The molecule has 0 spiro atoms. The van der Waals surface area contributed by atoms with E-state index in [2.05, 4.69) is 10.5 Å². The topological polar surface area (TPSA) is 44.6 Å². The Morgan fingerprint density at radius 2 is 1.37 bits per heavy atom. The van der Waals surface area contributed by atoms with Crippen LogP contribution in [0.1, 0.15) is 20.3 Å². The Bertz CT molecular complexity index is 443. The Labute approximate surface area is 114 Å². The number of hydrogen-bond acceptors (Lipinski definition) is 3. The van der Waals surface area contributed by atoms with Crippen LogP contribution >= 0.6 is 0 Å². The molecule has 0 bridgehead atoms. The summed E-state index contributed by atoms with van der Waals surface area (Å²) in [6.45, 7) is 3.72. The minimum atomic E-state index is 0.773. The summed E-state index contributed by atoms with van der Waals surface area (Å²) in [7, 11) is 0. The van der Waals surface area contributed by atoms with Crippen LogP contribution in [0.25, 0.3) is 0 Å². The molecule has 2 N–H and O–H groups in total. The number of nitrogens with zero attached hydrogens (tertiary/aromatic N) is 1. The van der Waals surface area contributed by atoms with Crippen molar-refractivity contribution >= 4 is 17.1 Å². The SMILES string of the molecule is CC/C(C)=N/O.c1ccc(Nc2ccccc2)cc1. The summed E-state index contributed by atoms with van der Waals surface area (Å²) in [5, 5.41) is 14.2. The zero-order valence-corrected chi connectivity index (χ0v) is 11.4. The van der Waals surface area contributed by atoms with Gasteiger partial charge in [-0.25, -0.2) is 0 Å². The maximum absolute atomic E-state index is 7.92. The molecule has 0 aliphatic heterocycles. The molecular weight excluding hydrogens is 236 g/mol. The molecule has 0 radical (unpaired) electrons. The zero-order valence-electron chi connectivity index (χ0n) is 11.4. The first-order valence-electron chi connectivity index (χ1n) is 6.31. The Hall–Kier alpha value is -2.29. The summed E-state index contributed by atoms with van der Waals surface area (Å²) in [6, 6.07) is 20.3. The van der Waals surface area contributed by atoms with Crippen LogP contribution in [0.2, 0.25) is 0 Å². The minimum Gasteiger partial charge on any atom is -0.411 e. The van der Waals surface area contributed by atoms with Crippen LogP contribution in [0.4, 0.5) is 11.4 Å². The standard InChI is InChI=1S/C12H11N.C4H9NO/c1-3-7-11(8-4-1)13-12-9-5-2-6-10-12;1-3-4(2)5-6/h1-10,13H;6H,3H2,1-2H3/b;5-4+. The van der Waals surface area contributed by atoms with E-state index in [1.54, 1.807) is 6.92 Å². The summed E-state index contributed by atoms with van der Waals surface area (Å²) in [4.78, 5) is 0. The van der Waals surface area contributed by atoms with Gasteiger partial charge in [-0.1, -0.05) is 48.5 Å². The third kappa shape index (κ3) is 6.27. The van der Waals surface area contributed by atoms with Crippen molar-refractivity contribution in [2.24, 2.45) is 5.16 Å². The van der Waals surface area contributed by atoms with Gasteiger partial charge in [0.15, 0.2) is 0 Å². The average Bonchev–Trinajstić information content (AvgIpc) is 2.49. The van der Waals surface area contributed by atoms with Crippen LogP contribution < -0.4 is 5.32 Å². The van der Waals surface area contributed by atoms with Crippen LogP contribution in [-0.2, 0) is 0 Å². The molecule has 0 fully saturated rings. The van der Waals surface area contributed by atoms with Crippen LogP contribution in [0.3, 0.4) is 0 Å². The van der Waals surface area contributed by atoms with Gasteiger partial charge in [-0.3, -0.25) is 0 Å². The number of hydrogen-bond donors (Lipinski definition) is 2. The van der Waals surface area contributed by atoms with E-state index in [1.165, 1.54) is 0 Å². The van der Waals surface area contributed by atoms with Crippen molar-refractivity contribution < 1.29 is 5.21 Å². The van der Waals surface area contributed by atoms with Gasteiger partial charge in [-0.15, -0.1) is 0 Å². The van der Waals surface area contributed by atoms with Crippen LogP contribution in [0.15, 0.2) is 65.8 Å². The molecular formula is C16H20N2O. The van der Waals surface area contributed by atoms with Gasteiger partial charge in [0.2, 0.25) is 0 Å². The summed E-state index contributed by atoms with van der Waals surface area (Å²) in [6.07, 6.45) is 0.830. The van der Waals surface area contributed by atoms with Gasteiger partial charge in [0.25, 0.3) is 0 Å². The fourth-order valence-corrected chi connectivity index (χ4v) is 1.28. The Kier molecular flexibility index (Phi) is 6.80. The van der Waals surface area contributed by atoms with E-state index in [-0.39, 0.29) is 0 Å². The van der Waals surface area contributed by atoms with E-state index in [4.69, 9.17) is 5.21 Å². The second-order valence-corrected chi connectivity index (χ2v) is 4.05. The minimum absolute atomic E-state index is 0.773. The molecule has 0 aliphatic rings. The number of benzene rings is 2. The highest BCUT2D eigenvalue weighted by Gasteiger charge is 1.89. The molecule has 0 heterocycles. The molecule has 0 atom stereocenters. The maximum atomic E-state index is 7.92. The smallest absolute Gasteiger partial charge is 0.0537 e. The van der Waals surface area contributed by atoms with Crippen LogP contribution in [0, 0.1) is 0 Å². The van der Waals surface area contributed by atoms with E-state index in [9.17, 15) is 0 Å². The third-order valence-electron chi connectivity index (χ3n) is 2.52. The molecule has 0 amide bonds. The van der Waals surface area contributed by atoms with E-state index < -0.39 is 0 Å². The van der Waals surface area contributed by atoms with Gasteiger partial charge in [0.05, 0.1) is 5.71 Å². The monoisotopic (exact) mass is 256 g/mol. The van der Waals surface area contributed by atoms with Gasteiger partial charge in [0, 0.05) is 11.4 Å². The Morgan fingerprint density at radius 3 is 1.63 bits per heavy atom. The molecule has 0 aliphatic carbocycles. The van der Waals surface area contributed by atoms with E-state index in [0.717, 1.165) is 23.5 Å². The molecule has 0 saturated carbocycles. The molecule has 3 nitrogen and oxygen atoms in total. The molecule has 2 rings (SSSR count). The van der Waals surface area contributed by atoms with E-state index >= 15 is 0 Å². The molecule has 0 unspecified atom stereocenters. The Morgan fingerprint density at radius 1 is 0.947 bits per heavy atom. The molecule has 2 aromatic rings. The molecule has 19 heavy (non-hydrogen) atoms. The number of para-hydroxylation sites is 2. The van der Waals surface area contributed by atoms with Crippen LogP contribution in [-0.4, -0.2) is 10.9 Å². The highest BCUT2D eigenvalue weighted by molar-refractivity contribution is 5.80. The lowest BCUT2D eigenvalue weighted by molar-refractivity contribution is 0.317. The third-order valence-corrected chi connectivity index (χ3v) is 2.52. The largest absolute Gasteiger partial charge is 0.411 e.